The Morgan fingerprint density at radius 3 is 1.77 bits per heavy atom. The fraction of sp³-hybridized carbons (Fsp3) is 0.700. The van der Waals surface area contributed by atoms with Gasteiger partial charge in [0.25, 0.3) is 0 Å². The van der Waals surface area contributed by atoms with Gasteiger partial charge in [-0.2, -0.15) is 26.3 Å². The molecule has 0 spiro atoms. The molecule has 0 radical (unpaired) electrons. The predicted molar refractivity (Wildman–Crippen MR) is 103 cm³/mol. The van der Waals surface area contributed by atoms with E-state index in [2.05, 4.69) is 6.92 Å². The molecule has 1 unspecified atom stereocenters. The van der Waals surface area contributed by atoms with Gasteiger partial charge in [0.2, 0.25) is 0 Å². The van der Waals surface area contributed by atoms with Gasteiger partial charge in [0, 0.05) is 0 Å². The van der Waals surface area contributed by atoms with E-state index in [4.69, 9.17) is 4.65 Å². The van der Waals surface area contributed by atoms with Crippen molar-refractivity contribution in [3.05, 3.63) is 29.3 Å². The van der Waals surface area contributed by atoms with Crippen LogP contribution in [-0.4, -0.2) is 30.0 Å². The number of rotatable bonds is 13. The Morgan fingerprint density at radius 2 is 1.30 bits per heavy atom. The number of aliphatic hydroxyl groups excluding tert-OH is 1. The molecule has 30 heavy (non-hydrogen) atoms. The summed E-state index contributed by atoms with van der Waals surface area (Å²) in [4.78, 5) is 0. The molecule has 10 heteroatoms. The lowest BCUT2D eigenvalue weighted by Gasteiger charge is -2.17. The van der Waals surface area contributed by atoms with Gasteiger partial charge >= 0.3 is 19.5 Å². The minimum atomic E-state index is -5.01. The summed E-state index contributed by atoms with van der Waals surface area (Å²) in [6, 6.07) is 0.795. The molecule has 1 atom stereocenters. The molecule has 2 N–H and O–H groups in total. The average molecular weight is 442 g/mol. The highest BCUT2D eigenvalue weighted by molar-refractivity contribution is 6.60. The van der Waals surface area contributed by atoms with Crippen LogP contribution in [-0.2, 0) is 17.0 Å². The second kappa shape index (κ2) is 12.6. The van der Waals surface area contributed by atoms with Crippen molar-refractivity contribution in [2.24, 2.45) is 0 Å². The summed E-state index contributed by atoms with van der Waals surface area (Å²) in [5, 5.41) is 19.8. The Kier molecular flexibility index (Phi) is 11.2. The summed E-state index contributed by atoms with van der Waals surface area (Å²) < 4.78 is 82.2. The van der Waals surface area contributed by atoms with E-state index < -0.39 is 48.8 Å². The Labute approximate surface area is 173 Å². The van der Waals surface area contributed by atoms with Crippen LogP contribution in [0.3, 0.4) is 0 Å². The highest BCUT2D eigenvalue weighted by Crippen LogP contribution is 2.34. The van der Waals surface area contributed by atoms with E-state index in [1.807, 2.05) is 0 Å². The first-order valence-corrected chi connectivity index (χ1v) is 10.2. The van der Waals surface area contributed by atoms with E-state index in [-0.39, 0.29) is 6.07 Å². The van der Waals surface area contributed by atoms with Crippen LogP contribution in [0.2, 0.25) is 0 Å². The van der Waals surface area contributed by atoms with Crippen molar-refractivity contribution < 1.29 is 41.1 Å². The average Bonchev–Trinajstić information content (AvgIpc) is 2.66. The van der Waals surface area contributed by atoms with Crippen LogP contribution in [0.5, 0.6) is 0 Å². The van der Waals surface area contributed by atoms with E-state index in [9.17, 15) is 36.5 Å². The standard InChI is InChI=1S/C20H29BF6O3/c1-2-3-4-5-6-7-8-9-10-18(28)14-30-21(29)17-12-15(19(22,23)24)11-16(13-17)20(25,26)27/h11-13,18,28-29H,2-10,14H2,1H3. The lowest BCUT2D eigenvalue weighted by atomic mass is 9.77. The third kappa shape index (κ3) is 10.2. The zero-order chi connectivity index (χ0) is 22.8. The number of hydrogen-bond acceptors (Lipinski definition) is 3. The smallest absolute Gasteiger partial charge is 0.423 e. The summed E-state index contributed by atoms with van der Waals surface area (Å²) in [5.41, 5.74) is -3.74. The van der Waals surface area contributed by atoms with Crippen molar-refractivity contribution in [2.75, 3.05) is 6.61 Å². The van der Waals surface area contributed by atoms with Crippen molar-refractivity contribution in [1.82, 2.24) is 0 Å². The first-order valence-electron chi connectivity index (χ1n) is 10.2. The zero-order valence-electron chi connectivity index (χ0n) is 17.0. The number of alkyl halides is 6. The Hall–Kier alpha value is -1.26. The minimum absolute atomic E-state index is 0.0205. The number of hydrogen-bond donors (Lipinski definition) is 2. The summed E-state index contributed by atoms with van der Waals surface area (Å²) in [5.74, 6) is 0. The van der Waals surface area contributed by atoms with Gasteiger partial charge < -0.3 is 14.8 Å². The molecule has 0 aromatic heterocycles. The van der Waals surface area contributed by atoms with Crippen molar-refractivity contribution in [2.45, 2.75) is 83.2 Å². The first-order chi connectivity index (χ1) is 13.9. The van der Waals surface area contributed by atoms with Gasteiger partial charge in [0.05, 0.1) is 23.8 Å². The van der Waals surface area contributed by atoms with E-state index in [0.29, 0.717) is 18.6 Å². The van der Waals surface area contributed by atoms with Gasteiger partial charge in [0.15, 0.2) is 0 Å². The van der Waals surface area contributed by atoms with E-state index in [0.717, 1.165) is 25.7 Å². The number of benzene rings is 1. The molecular formula is C20H29BF6O3. The highest BCUT2D eigenvalue weighted by atomic mass is 19.4. The molecular weight excluding hydrogens is 413 g/mol. The topological polar surface area (TPSA) is 49.7 Å². The van der Waals surface area contributed by atoms with Crippen molar-refractivity contribution in [1.29, 1.82) is 0 Å². The molecule has 0 bridgehead atoms. The maximum Gasteiger partial charge on any atom is 0.491 e. The predicted octanol–water partition coefficient (Wildman–Crippen LogP) is 5.32. The Morgan fingerprint density at radius 1 is 0.833 bits per heavy atom. The largest absolute Gasteiger partial charge is 0.491 e. The van der Waals surface area contributed by atoms with Gasteiger partial charge in [0.1, 0.15) is 0 Å². The van der Waals surface area contributed by atoms with Crippen LogP contribution in [0.4, 0.5) is 26.3 Å². The van der Waals surface area contributed by atoms with Gasteiger partial charge in [-0.25, -0.2) is 0 Å². The summed E-state index contributed by atoms with van der Waals surface area (Å²) in [7, 11) is -2.01. The van der Waals surface area contributed by atoms with Crippen molar-refractivity contribution in [3.8, 4) is 0 Å². The monoisotopic (exact) mass is 442 g/mol. The molecule has 0 aliphatic rings. The highest BCUT2D eigenvalue weighted by Gasteiger charge is 2.38. The number of aliphatic hydroxyl groups is 1. The maximum absolute atomic E-state index is 12.9. The molecule has 172 valence electrons. The normalized spacial score (nSPS) is 13.5. The van der Waals surface area contributed by atoms with Crippen LogP contribution in [0.1, 0.15) is 75.8 Å². The quantitative estimate of drug-likeness (QED) is 0.247. The van der Waals surface area contributed by atoms with Crippen LogP contribution < -0.4 is 5.46 Å². The molecule has 0 aliphatic heterocycles. The van der Waals surface area contributed by atoms with E-state index in [1.165, 1.54) is 25.7 Å². The molecule has 0 heterocycles. The lowest BCUT2D eigenvalue weighted by Crippen LogP contribution is -2.37. The lowest BCUT2D eigenvalue weighted by molar-refractivity contribution is -0.143. The summed E-state index contributed by atoms with van der Waals surface area (Å²) in [6.45, 7) is 1.75. The molecule has 0 amide bonds. The van der Waals surface area contributed by atoms with Gasteiger partial charge in [-0.1, -0.05) is 70.4 Å². The molecule has 0 aliphatic carbocycles. The number of unbranched alkanes of at least 4 members (excludes halogenated alkanes) is 7. The molecule has 0 saturated carbocycles. The van der Waals surface area contributed by atoms with Gasteiger partial charge in [-0.15, -0.1) is 0 Å². The van der Waals surface area contributed by atoms with Crippen molar-refractivity contribution in [3.63, 3.8) is 0 Å². The second-order valence-corrected chi connectivity index (χ2v) is 7.44. The second-order valence-electron chi connectivity index (χ2n) is 7.44. The van der Waals surface area contributed by atoms with Crippen molar-refractivity contribution >= 4 is 12.6 Å². The Bertz CT molecular complexity index is 589. The molecule has 0 fully saturated rings. The third-order valence-corrected chi connectivity index (χ3v) is 4.73. The molecule has 0 saturated heterocycles. The molecule has 1 aromatic carbocycles. The van der Waals surface area contributed by atoms with E-state index >= 15 is 0 Å². The summed E-state index contributed by atoms with van der Waals surface area (Å²) >= 11 is 0. The van der Waals surface area contributed by atoms with Crippen LogP contribution in [0.15, 0.2) is 18.2 Å². The maximum atomic E-state index is 12.9. The molecule has 1 rings (SSSR count). The molecule has 1 aromatic rings. The SMILES string of the molecule is CCCCCCCCCCC(O)COB(O)c1cc(C(F)(F)F)cc(C(F)(F)F)c1. The minimum Gasteiger partial charge on any atom is -0.423 e. The van der Waals surface area contributed by atoms with Crippen LogP contribution >= 0.6 is 0 Å². The Balaban J connectivity index is 2.51. The van der Waals surface area contributed by atoms with E-state index in [1.54, 1.807) is 0 Å². The van der Waals surface area contributed by atoms with Gasteiger partial charge in [-0.05, 0) is 17.9 Å². The zero-order valence-corrected chi connectivity index (χ0v) is 17.0. The summed E-state index contributed by atoms with van der Waals surface area (Å²) in [6.07, 6.45) is -2.07. The van der Waals surface area contributed by atoms with Crippen LogP contribution in [0, 0.1) is 0 Å². The molecule has 3 nitrogen and oxygen atoms in total. The number of halogens is 6. The third-order valence-electron chi connectivity index (χ3n) is 4.73. The fourth-order valence-corrected chi connectivity index (χ4v) is 3.02. The first kappa shape index (κ1) is 26.8. The van der Waals surface area contributed by atoms with Crippen LogP contribution in [0.25, 0.3) is 0 Å². The fourth-order valence-electron chi connectivity index (χ4n) is 3.02. The van der Waals surface area contributed by atoms with Gasteiger partial charge in [-0.3, -0.25) is 0 Å².